The number of carbonyl (C=O) groups is 1. The van der Waals surface area contributed by atoms with E-state index in [0.29, 0.717) is 41.1 Å². The second-order valence-electron chi connectivity index (χ2n) is 7.92. The summed E-state index contributed by atoms with van der Waals surface area (Å²) in [6, 6.07) is 7.27. The van der Waals surface area contributed by atoms with E-state index in [9.17, 15) is 4.79 Å². The van der Waals surface area contributed by atoms with Gasteiger partial charge in [-0.1, -0.05) is 0 Å². The Morgan fingerprint density at radius 3 is 2.71 bits per heavy atom. The van der Waals surface area contributed by atoms with Gasteiger partial charge in [-0.3, -0.25) is 4.79 Å². The summed E-state index contributed by atoms with van der Waals surface area (Å²) in [5.74, 6) is 2.97. The fourth-order valence-electron chi connectivity index (χ4n) is 4.46. The molecule has 0 aliphatic carbocycles. The van der Waals surface area contributed by atoms with E-state index in [4.69, 9.17) is 10.5 Å². The number of benzene rings is 1. The number of amides is 1. The number of carbonyl (C=O) groups excluding carboxylic acids is 1. The van der Waals surface area contributed by atoms with Crippen molar-refractivity contribution in [2.24, 2.45) is 5.92 Å². The number of fused-ring (bicyclic) bond motifs is 1. The van der Waals surface area contributed by atoms with E-state index in [2.05, 4.69) is 25.1 Å². The molecule has 3 aromatic rings. The molecule has 4 heterocycles. The highest BCUT2D eigenvalue weighted by molar-refractivity contribution is 5.99. The van der Waals surface area contributed by atoms with Gasteiger partial charge in [0.05, 0.1) is 36.8 Å². The molecule has 1 aromatic carbocycles. The highest BCUT2D eigenvalue weighted by Gasteiger charge is 2.46. The number of aryl methyl sites for hydroxylation is 1. The van der Waals surface area contributed by atoms with Crippen molar-refractivity contribution in [1.82, 2.24) is 29.9 Å². The van der Waals surface area contributed by atoms with Crippen molar-refractivity contribution in [3.63, 3.8) is 0 Å². The lowest BCUT2D eigenvalue weighted by Crippen LogP contribution is -2.66. The van der Waals surface area contributed by atoms with Crippen molar-refractivity contribution < 1.29 is 9.53 Å². The minimum absolute atomic E-state index is 0.0484. The van der Waals surface area contributed by atoms with Gasteiger partial charge in [-0.15, -0.1) is 0 Å². The first-order valence-corrected chi connectivity index (χ1v) is 10.3. The summed E-state index contributed by atoms with van der Waals surface area (Å²) in [5, 5.41) is 8.40. The number of nitrogens with two attached hydrogens (primary N) is 1. The van der Waals surface area contributed by atoms with E-state index >= 15 is 0 Å². The van der Waals surface area contributed by atoms with E-state index in [1.54, 1.807) is 37.7 Å². The topological polar surface area (TPSA) is 115 Å². The minimum Gasteiger partial charge on any atom is -0.497 e. The predicted octanol–water partition coefficient (Wildman–Crippen LogP) is 1.31. The molecule has 0 radical (unpaired) electrons. The Labute approximate surface area is 179 Å². The molecule has 160 valence electrons. The van der Waals surface area contributed by atoms with Crippen LogP contribution in [0.25, 0.3) is 5.69 Å². The van der Waals surface area contributed by atoms with Crippen LogP contribution in [0.15, 0.2) is 36.7 Å². The third-order valence-electron chi connectivity index (χ3n) is 6.05. The summed E-state index contributed by atoms with van der Waals surface area (Å²) in [6.07, 6.45) is 4.18. The average Bonchev–Trinajstić information content (AvgIpc) is 3.28. The first-order chi connectivity index (χ1) is 15.0. The van der Waals surface area contributed by atoms with Crippen molar-refractivity contribution in [3.8, 4) is 11.4 Å². The summed E-state index contributed by atoms with van der Waals surface area (Å²) in [7, 11) is 1.59. The maximum absolute atomic E-state index is 13.6. The zero-order chi connectivity index (χ0) is 21.5. The highest BCUT2D eigenvalue weighted by Crippen LogP contribution is 2.36. The third-order valence-corrected chi connectivity index (χ3v) is 6.05. The second kappa shape index (κ2) is 7.53. The van der Waals surface area contributed by atoms with Crippen LogP contribution in [0.5, 0.6) is 5.75 Å². The minimum atomic E-state index is -0.0484. The van der Waals surface area contributed by atoms with Crippen LogP contribution in [0, 0.1) is 12.8 Å². The molecule has 0 saturated carbocycles. The van der Waals surface area contributed by atoms with E-state index in [1.807, 2.05) is 17.9 Å². The molecule has 2 saturated heterocycles. The van der Waals surface area contributed by atoms with Gasteiger partial charge in [0.25, 0.3) is 5.91 Å². The molecule has 31 heavy (non-hydrogen) atoms. The Balaban J connectivity index is 1.41. The first-order valence-electron chi connectivity index (χ1n) is 10.3. The van der Waals surface area contributed by atoms with E-state index < -0.39 is 0 Å². The number of rotatable bonds is 4. The molecule has 2 aliphatic rings. The maximum Gasteiger partial charge on any atom is 0.256 e. The van der Waals surface area contributed by atoms with Crippen molar-refractivity contribution in [2.75, 3.05) is 37.4 Å². The summed E-state index contributed by atoms with van der Waals surface area (Å²) in [5.41, 5.74) is 7.07. The second-order valence-corrected chi connectivity index (χ2v) is 7.92. The summed E-state index contributed by atoms with van der Waals surface area (Å²) in [4.78, 5) is 27.8. The third kappa shape index (κ3) is 3.43. The van der Waals surface area contributed by atoms with Crippen LogP contribution in [0.1, 0.15) is 22.6 Å². The van der Waals surface area contributed by atoms with Gasteiger partial charge >= 0.3 is 0 Å². The van der Waals surface area contributed by atoms with Crippen LogP contribution in [-0.4, -0.2) is 68.6 Å². The van der Waals surface area contributed by atoms with Crippen LogP contribution in [0.3, 0.4) is 0 Å². The standard InChI is InChI=1S/C21H24N8O2/c1-13-25-19(22)10-20(26-13)27-8-5-14-11-28(18(14)12-27)21(30)16-9-15(31-2)3-4-17(16)29-23-6-7-24-29/h3-4,6-7,9-10,14,18H,5,8,11-12H2,1-2H3,(H2,22,25,26)/t14-,18-/m1/s1. The Morgan fingerprint density at radius 2 is 1.97 bits per heavy atom. The number of anilines is 2. The van der Waals surface area contributed by atoms with Crippen molar-refractivity contribution >= 4 is 17.5 Å². The molecule has 2 aliphatic heterocycles. The molecule has 2 aromatic heterocycles. The summed E-state index contributed by atoms with van der Waals surface area (Å²) < 4.78 is 5.36. The number of methoxy groups -OCH3 is 1. The van der Waals surface area contributed by atoms with Gasteiger partial charge in [0, 0.05) is 31.6 Å². The first kappa shape index (κ1) is 19.3. The molecule has 0 unspecified atom stereocenters. The lowest BCUT2D eigenvalue weighted by atomic mass is 9.81. The number of ether oxygens (including phenoxy) is 1. The highest BCUT2D eigenvalue weighted by atomic mass is 16.5. The SMILES string of the molecule is COc1ccc(-n2nccn2)c(C(=O)N2C[C@H]3CCN(c4cc(N)nc(C)n4)C[C@H]32)c1. The molecule has 2 atom stereocenters. The Bertz CT molecular complexity index is 1100. The van der Waals surface area contributed by atoms with Gasteiger partial charge in [-0.25, -0.2) is 9.97 Å². The molecular formula is C21H24N8O2. The average molecular weight is 420 g/mol. The smallest absolute Gasteiger partial charge is 0.256 e. The fraction of sp³-hybridized carbons (Fsp3) is 0.381. The van der Waals surface area contributed by atoms with E-state index in [1.165, 1.54) is 4.80 Å². The zero-order valence-corrected chi connectivity index (χ0v) is 17.5. The molecule has 2 fully saturated rings. The molecule has 10 heteroatoms. The van der Waals surface area contributed by atoms with Crippen LogP contribution < -0.4 is 15.4 Å². The van der Waals surface area contributed by atoms with Gasteiger partial charge < -0.3 is 20.3 Å². The molecular weight excluding hydrogens is 396 g/mol. The van der Waals surface area contributed by atoms with Crippen molar-refractivity contribution in [1.29, 1.82) is 0 Å². The van der Waals surface area contributed by atoms with Gasteiger partial charge in [-0.05, 0) is 31.5 Å². The van der Waals surface area contributed by atoms with E-state index in [-0.39, 0.29) is 11.9 Å². The Hall–Kier alpha value is -3.69. The maximum atomic E-state index is 13.6. The monoisotopic (exact) mass is 420 g/mol. The molecule has 0 bridgehead atoms. The number of hydrogen-bond donors (Lipinski definition) is 1. The van der Waals surface area contributed by atoms with Crippen LogP contribution >= 0.6 is 0 Å². The van der Waals surface area contributed by atoms with Crippen LogP contribution in [-0.2, 0) is 0 Å². The summed E-state index contributed by atoms with van der Waals surface area (Å²) in [6.45, 7) is 4.18. The number of nitrogen functional groups attached to an aromatic ring is 1. The van der Waals surface area contributed by atoms with Gasteiger partial charge in [-0.2, -0.15) is 15.0 Å². The number of aromatic nitrogens is 5. The Kier molecular flexibility index (Phi) is 4.68. The predicted molar refractivity (Wildman–Crippen MR) is 114 cm³/mol. The largest absolute Gasteiger partial charge is 0.497 e. The molecule has 10 nitrogen and oxygen atoms in total. The molecule has 1 amide bonds. The normalized spacial score (nSPS) is 20.2. The summed E-state index contributed by atoms with van der Waals surface area (Å²) >= 11 is 0. The number of hydrogen-bond acceptors (Lipinski definition) is 8. The van der Waals surface area contributed by atoms with E-state index in [0.717, 1.165) is 25.3 Å². The van der Waals surface area contributed by atoms with Gasteiger partial charge in [0.2, 0.25) is 0 Å². The number of piperidine rings is 1. The van der Waals surface area contributed by atoms with Crippen LogP contribution in [0.4, 0.5) is 11.6 Å². The molecule has 2 N–H and O–H groups in total. The number of likely N-dealkylation sites (tertiary alicyclic amines) is 1. The fourth-order valence-corrected chi connectivity index (χ4v) is 4.46. The van der Waals surface area contributed by atoms with Crippen LogP contribution in [0.2, 0.25) is 0 Å². The van der Waals surface area contributed by atoms with Crippen molar-refractivity contribution in [2.45, 2.75) is 19.4 Å². The van der Waals surface area contributed by atoms with Gasteiger partial charge in [0.1, 0.15) is 23.2 Å². The molecule has 0 spiro atoms. The molecule has 5 rings (SSSR count). The van der Waals surface area contributed by atoms with Gasteiger partial charge in [0.15, 0.2) is 0 Å². The lowest BCUT2D eigenvalue weighted by Gasteiger charge is -2.53. The number of nitrogens with zero attached hydrogens (tertiary/aromatic N) is 7. The zero-order valence-electron chi connectivity index (χ0n) is 17.5. The van der Waals surface area contributed by atoms with Crippen molar-refractivity contribution in [3.05, 3.63) is 48.0 Å². The quantitative estimate of drug-likeness (QED) is 0.672. The Morgan fingerprint density at radius 1 is 1.16 bits per heavy atom. The lowest BCUT2D eigenvalue weighted by molar-refractivity contribution is 0.00775.